The Hall–Kier alpha value is -1.30. The van der Waals surface area contributed by atoms with E-state index in [9.17, 15) is 9.59 Å². The zero-order valence-corrected chi connectivity index (χ0v) is 11.6. The van der Waals surface area contributed by atoms with Gasteiger partial charge in [0.25, 0.3) is 0 Å². The first-order chi connectivity index (χ1) is 8.92. The van der Waals surface area contributed by atoms with E-state index in [1.807, 2.05) is 0 Å². The van der Waals surface area contributed by atoms with Crippen molar-refractivity contribution in [2.45, 2.75) is 51.6 Å². The van der Waals surface area contributed by atoms with Gasteiger partial charge >= 0.3 is 12.0 Å². The molecule has 0 bridgehead atoms. The van der Waals surface area contributed by atoms with Gasteiger partial charge in [-0.2, -0.15) is 0 Å². The van der Waals surface area contributed by atoms with Gasteiger partial charge < -0.3 is 20.8 Å². The normalized spacial score (nSPS) is 28.5. The number of carbonyl (C=O) groups is 2. The Morgan fingerprint density at radius 2 is 1.79 bits per heavy atom. The second-order valence-corrected chi connectivity index (χ2v) is 5.64. The molecule has 3 atom stereocenters. The van der Waals surface area contributed by atoms with Crippen LogP contribution in [0.4, 0.5) is 4.79 Å². The summed E-state index contributed by atoms with van der Waals surface area (Å²) >= 11 is 0. The molecule has 110 valence electrons. The van der Waals surface area contributed by atoms with E-state index in [1.165, 1.54) is 6.42 Å². The Kier molecular flexibility index (Phi) is 6.08. The number of aliphatic hydroxyl groups is 1. The van der Waals surface area contributed by atoms with E-state index in [0.29, 0.717) is 11.8 Å². The van der Waals surface area contributed by atoms with Crippen molar-refractivity contribution in [3.05, 3.63) is 0 Å². The average molecular weight is 272 g/mol. The van der Waals surface area contributed by atoms with E-state index in [1.54, 1.807) is 0 Å². The van der Waals surface area contributed by atoms with Gasteiger partial charge in [-0.05, 0) is 31.1 Å². The van der Waals surface area contributed by atoms with Crippen molar-refractivity contribution >= 4 is 12.0 Å². The largest absolute Gasteiger partial charge is 0.480 e. The molecule has 1 saturated carbocycles. The first kappa shape index (κ1) is 15.8. The maximum Gasteiger partial charge on any atom is 0.326 e. The molecule has 0 aromatic heterocycles. The SMILES string of the molecule is CC1CC(C)CC(NC(=O)NC(CCO)C(=O)O)C1. The van der Waals surface area contributed by atoms with Crippen LogP contribution in [0.5, 0.6) is 0 Å². The molecule has 1 aliphatic carbocycles. The highest BCUT2D eigenvalue weighted by Gasteiger charge is 2.26. The summed E-state index contributed by atoms with van der Waals surface area (Å²) in [5.41, 5.74) is 0. The van der Waals surface area contributed by atoms with Crippen molar-refractivity contribution < 1.29 is 19.8 Å². The van der Waals surface area contributed by atoms with Gasteiger partial charge in [-0.15, -0.1) is 0 Å². The first-order valence-electron chi connectivity index (χ1n) is 6.83. The van der Waals surface area contributed by atoms with E-state index in [4.69, 9.17) is 10.2 Å². The number of aliphatic hydroxyl groups excluding tert-OH is 1. The van der Waals surface area contributed by atoms with Crippen LogP contribution < -0.4 is 10.6 Å². The molecular formula is C13H24N2O4. The molecule has 6 heteroatoms. The second kappa shape index (κ2) is 7.33. The second-order valence-electron chi connectivity index (χ2n) is 5.64. The molecule has 2 amide bonds. The summed E-state index contributed by atoms with van der Waals surface area (Å²) in [6.07, 6.45) is 3.04. The van der Waals surface area contributed by atoms with Crippen LogP contribution in [0.2, 0.25) is 0 Å². The number of carboxylic acids is 1. The van der Waals surface area contributed by atoms with Crippen LogP contribution in [0.15, 0.2) is 0 Å². The van der Waals surface area contributed by atoms with E-state index >= 15 is 0 Å². The molecule has 1 aliphatic rings. The summed E-state index contributed by atoms with van der Waals surface area (Å²) in [7, 11) is 0. The van der Waals surface area contributed by atoms with E-state index in [-0.39, 0.29) is 19.1 Å². The smallest absolute Gasteiger partial charge is 0.326 e. The van der Waals surface area contributed by atoms with Gasteiger partial charge in [0.2, 0.25) is 0 Å². The van der Waals surface area contributed by atoms with Crippen LogP contribution in [-0.4, -0.2) is 40.9 Å². The van der Waals surface area contributed by atoms with E-state index in [0.717, 1.165) is 12.8 Å². The lowest BCUT2D eigenvalue weighted by atomic mass is 9.80. The third-order valence-corrected chi connectivity index (χ3v) is 3.53. The molecule has 0 aromatic rings. The van der Waals surface area contributed by atoms with Gasteiger partial charge in [-0.25, -0.2) is 9.59 Å². The number of carboxylic acid groups (broad SMARTS) is 1. The lowest BCUT2D eigenvalue weighted by Gasteiger charge is -2.32. The Labute approximate surface area is 113 Å². The van der Waals surface area contributed by atoms with Gasteiger partial charge in [0.1, 0.15) is 6.04 Å². The predicted octanol–water partition coefficient (Wildman–Crippen LogP) is 0.946. The molecule has 3 unspecified atom stereocenters. The van der Waals surface area contributed by atoms with Crippen molar-refractivity contribution in [3.8, 4) is 0 Å². The molecule has 0 saturated heterocycles. The molecule has 19 heavy (non-hydrogen) atoms. The predicted molar refractivity (Wildman–Crippen MR) is 70.8 cm³/mol. The molecule has 0 radical (unpaired) electrons. The van der Waals surface area contributed by atoms with Crippen molar-refractivity contribution in [2.24, 2.45) is 11.8 Å². The van der Waals surface area contributed by atoms with Gasteiger partial charge in [0.05, 0.1) is 0 Å². The minimum atomic E-state index is -1.13. The number of carbonyl (C=O) groups excluding carboxylic acids is 1. The highest BCUT2D eigenvalue weighted by Crippen LogP contribution is 2.28. The van der Waals surface area contributed by atoms with Crippen LogP contribution >= 0.6 is 0 Å². The monoisotopic (exact) mass is 272 g/mol. The molecule has 0 heterocycles. The summed E-state index contributed by atoms with van der Waals surface area (Å²) in [5.74, 6) is 0.0121. The zero-order valence-electron chi connectivity index (χ0n) is 11.6. The fourth-order valence-corrected chi connectivity index (χ4v) is 2.84. The van der Waals surface area contributed by atoms with E-state index in [2.05, 4.69) is 24.5 Å². The highest BCUT2D eigenvalue weighted by atomic mass is 16.4. The average Bonchev–Trinajstić information content (AvgIpc) is 2.26. The molecule has 1 rings (SSSR count). The van der Waals surface area contributed by atoms with Gasteiger partial charge in [-0.3, -0.25) is 0 Å². The van der Waals surface area contributed by atoms with Crippen molar-refractivity contribution in [3.63, 3.8) is 0 Å². The Morgan fingerprint density at radius 3 is 2.26 bits per heavy atom. The van der Waals surface area contributed by atoms with Crippen molar-refractivity contribution in [1.82, 2.24) is 10.6 Å². The Balaban J connectivity index is 2.43. The lowest BCUT2D eigenvalue weighted by Crippen LogP contribution is -2.50. The van der Waals surface area contributed by atoms with Crippen LogP contribution in [0.1, 0.15) is 39.5 Å². The third kappa shape index (κ3) is 5.46. The molecule has 6 nitrogen and oxygen atoms in total. The van der Waals surface area contributed by atoms with Crippen LogP contribution in [-0.2, 0) is 4.79 Å². The highest BCUT2D eigenvalue weighted by molar-refractivity contribution is 5.82. The van der Waals surface area contributed by atoms with Gasteiger partial charge in [0, 0.05) is 19.1 Å². The topological polar surface area (TPSA) is 98.7 Å². The fraction of sp³-hybridized carbons (Fsp3) is 0.846. The standard InChI is InChI=1S/C13H24N2O4/c1-8-5-9(2)7-10(6-8)14-13(19)15-11(3-4-16)12(17)18/h8-11,16H,3-7H2,1-2H3,(H,17,18)(H2,14,15,19). The van der Waals surface area contributed by atoms with Crippen molar-refractivity contribution in [1.29, 1.82) is 0 Å². The Bertz CT molecular complexity index is 312. The number of amides is 2. The van der Waals surface area contributed by atoms with Gasteiger partial charge in [-0.1, -0.05) is 13.8 Å². The summed E-state index contributed by atoms with van der Waals surface area (Å²) < 4.78 is 0. The van der Waals surface area contributed by atoms with Crippen LogP contribution in [0.25, 0.3) is 0 Å². The molecule has 0 aliphatic heterocycles. The molecule has 1 fully saturated rings. The Morgan fingerprint density at radius 1 is 1.21 bits per heavy atom. The molecule has 4 N–H and O–H groups in total. The quantitative estimate of drug-likeness (QED) is 0.598. The third-order valence-electron chi connectivity index (χ3n) is 3.53. The molecular weight excluding hydrogens is 248 g/mol. The summed E-state index contributed by atoms with van der Waals surface area (Å²) in [6.45, 7) is 4.05. The number of rotatable bonds is 5. The number of hydrogen-bond acceptors (Lipinski definition) is 3. The van der Waals surface area contributed by atoms with Crippen molar-refractivity contribution in [2.75, 3.05) is 6.61 Å². The number of nitrogens with one attached hydrogen (secondary N) is 2. The number of urea groups is 1. The molecule has 0 spiro atoms. The molecule has 0 aromatic carbocycles. The van der Waals surface area contributed by atoms with Gasteiger partial charge in [0.15, 0.2) is 0 Å². The summed E-state index contributed by atoms with van der Waals surface area (Å²) in [6, 6.07) is -1.40. The maximum absolute atomic E-state index is 11.7. The number of aliphatic carboxylic acids is 1. The minimum absolute atomic E-state index is 0.0141. The fourth-order valence-electron chi connectivity index (χ4n) is 2.84. The zero-order chi connectivity index (χ0) is 14.4. The summed E-state index contributed by atoms with van der Waals surface area (Å²) in [4.78, 5) is 22.6. The maximum atomic E-state index is 11.7. The van der Waals surface area contributed by atoms with E-state index < -0.39 is 18.0 Å². The van der Waals surface area contributed by atoms with Crippen LogP contribution in [0, 0.1) is 11.8 Å². The van der Waals surface area contributed by atoms with Crippen LogP contribution in [0.3, 0.4) is 0 Å². The summed E-state index contributed by atoms with van der Waals surface area (Å²) in [5, 5.41) is 22.9. The first-order valence-corrected chi connectivity index (χ1v) is 6.83. The minimum Gasteiger partial charge on any atom is -0.480 e. The number of hydrogen-bond donors (Lipinski definition) is 4. The lowest BCUT2D eigenvalue weighted by molar-refractivity contribution is -0.139.